The van der Waals surface area contributed by atoms with E-state index in [0.717, 1.165) is 12.1 Å². The molecule has 1 rings (SSSR count). The van der Waals surface area contributed by atoms with Crippen molar-refractivity contribution in [1.29, 1.82) is 0 Å². The number of nitro groups is 1. The first-order valence-electron chi connectivity index (χ1n) is 4.34. The number of non-ortho nitro benzene ring substituents is 1. The summed E-state index contributed by atoms with van der Waals surface area (Å²) >= 11 is 0. The Kier molecular flexibility index (Phi) is 3.62. The van der Waals surface area contributed by atoms with E-state index in [4.69, 9.17) is 0 Å². The van der Waals surface area contributed by atoms with Crippen LogP contribution in [0.3, 0.4) is 0 Å². The zero-order valence-corrected chi connectivity index (χ0v) is 8.27. The minimum Gasteiger partial charge on any atom is -0.285 e. The van der Waals surface area contributed by atoms with Gasteiger partial charge in [0.05, 0.1) is 4.92 Å². The van der Waals surface area contributed by atoms with Crippen molar-refractivity contribution in [2.24, 2.45) is 0 Å². The van der Waals surface area contributed by atoms with E-state index in [1.54, 1.807) is 0 Å². The Balaban J connectivity index is 2.89. The molecule has 0 aromatic heterocycles. The summed E-state index contributed by atoms with van der Waals surface area (Å²) in [5, 5.41) is 10.4. The molecule has 4 nitrogen and oxygen atoms in total. The van der Waals surface area contributed by atoms with Crippen molar-refractivity contribution in [2.45, 2.75) is 6.18 Å². The van der Waals surface area contributed by atoms with Crippen LogP contribution < -0.4 is 0 Å². The minimum atomic E-state index is -4.93. The van der Waals surface area contributed by atoms with E-state index in [1.165, 1.54) is 18.2 Å². The molecule has 0 aliphatic heterocycles. The number of hydrogen-bond acceptors (Lipinski definition) is 3. The Morgan fingerprint density at radius 2 is 2.00 bits per heavy atom. The van der Waals surface area contributed by atoms with E-state index in [0.29, 0.717) is 6.08 Å². The highest BCUT2D eigenvalue weighted by Gasteiger charge is 2.35. The molecule has 0 amide bonds. The third-order valence-electron chi connectivity index (χ3n) is 1.79. The topological polar surface area (TPSA) is 60.2 Å². The van der Waals surface area contributed by atoms with Gasteiger partial charge in [-0.3, -0.25) is 14.9 Å². The number of carbonyl (C=O) groups is 1. The molecule has 0 atom stereocenters. The Bertz CT molecular complexity index is 480. The fourth-order valence-corrected chi connectivity index (χ4v) is 1.01. The van der Waals surface area contributed by atoms with Crippen molar-refractivity contribution in [3.63, 3.8) is 0 Å². The molecule has 0 saturated carbocycles. The largest absolute Gasteiger partial charge is 0.454 e. The summed E-state index contributed by atoms with van der Waals surface area (Å²) in [6, 6.07) is 4.94. The van der Waals surface area contributed by atoms with E-state index in [2.05, 4.69) is 0 Å². The number of nitrogens with zero attached hydrogens (tertiary/aromatic N) is 1. The van der Waals surface area contributed by atoms with Gasteiger partial charge >= 0.3 is 6.18 Å². The standard InChI is InChI=1S/C10H6F3NO3/c11-10(12,13)9(15)5-4-7-2-1-3-8(6-7)14(16)17/h1-6H/b5-4+. The SMILES string of the molecule is O=C(/C=C/c1cccc([N+](=O)[O-])c1)C(F)(F)F. The molecular formula is C10H6F3NO3. The van der Waals surface area contributed by atoms with Crippen molar-refractivity contribution in [1.82, 2.24) is 0 Å². The van der Waals surface area contributed by atoms with Crippen LogP contribution in [0, 0.1) is 10.1 Å². The average Bonchev–Trinajstić information content (AvgIpc) is 2.25. The Hall–Kier alpha value is -2.18. The molecule has 7 heteroatoms. The maximum absolute atomic E-state index is 11.9. The van der Waals surface area contributed by atoms with Gasteiger partial charge in [-0.1, -0.05) is 18.2 Å². The second kappa shape index (κ2) is 4.77. The Labute approximate surface area is 93.5 Å². The smallest absolute Gasteiger partial charge is 0.285 e. The monoisotopic (exact) mass is 245 g/mol. The van der Waals surface area contributed by atoms with Gasteiger partial charge < -0.3 is 0 Å². The molecule has 1 aromatic carbocycles. The van der Waals surface area contributed by atoms with Gasteiger partial charge in [0.2, 0.25) is 0 Å². The van der Waals surface area contributed by atoms with E-state index in [1.807, 2.05) is 0 Å². The third-order valence-corrected chi connectivity index (χ3v) is 1.79. The van der Waals surface area contributed by atoms with Crippen molar-refractivity contribution in [2.75, 3.05) is 0 Å². The number of halogens is 3. The van der Waals surface area contributed by atoms with E-state index >= 15 is 0 Å². The van der Waals surface area contributed by atoms with Crippen molar-refractivity contribution >= 4 is 17.5 Å². The maximum Gasteiger partial charge on any atom is 0.454 e. The molecule has 0 spiro atoms. The van der Waals surface area contributed by atoms with Gasteiger partial charge in [0.25, 0.3) is 11.5 Å². The quantitative estimate of drug-likeness (QED) is 0.467. The van der Waals surface area contributed by atoms with Crippen LogP contribution in [0.4, 0.5) is 18.9 Å². The minimum absolute atomic E-state index is 0.150. The summed E-state index contributed by atoms with van der Waals surface area (Å²) in [4.78, 5) is 20.2. The lowest BCUT2D eigenvalue weighted by atomic mass is 10.2. The fraction of sp³-hybridized carbons (Fsp3) is 0.100. The van der Waals surface area contributed by atoms with E-state index in [-0.39, 0.29) is 11.3 Å². The van der Waals surface area contributed by atoms with Gasteiger partial charge in [0.15, 0.2) is 0 Å². The van der Waals surface area contributed by atoms with Crippen LogP contribution in [-0.4, -0.2) is 16.9 Å². The molecule has 0 aliphatic rings. The van der Waals surface area contributed by atoms with Crippen molar-refractivity contribution < 1.29 is 22.9 Å². The number of ketones is 1. The van der Waals surface area contributed by atoms with Crippen molar-refractivity contribution in [3.8, 4) is 0 Å². The summed E-state index contributed by atoms with van der Waals surface area (Å²) in [6.07, 6.45) is -3.72. The normalized spacial score (nSPS) is 11.7. The van der Waals surface area contributed by atoms with Gasteiger partial charge in [0.1, 0.15) is 0 Å². The summed E-state index contributed by atoms with van der Waals surface area (Å²) in [7, 11) is 0. The van der Waals surface area contributed by atoms with E-state index < -0.39 is 16.9 Å². The number of benzene rings is 1. The molecule has 17 heavy (non-hydrogen) atoms. The fourth-order valence-electron chi connectivity index (χ4n) is 1.01. The highest BCUT2D eigenvalue weighted by Crippen LogP contribution is 2.18. The molecule has 1 aromatic rings. The number of carbonyl (C=O) groups excluding carboxylic acids is 1. The molecule has 0 bridgehead atoms. The lowest BCUT2D eigenvalue weighted by molar-refractivity contribution is -0.384. The van der Waals surface area contributed by atoms with Gasteiger partial charge in [-0.05, 0) is 11.6 Å². The Morgan fingerprint density at radius 3 is 2.53 bits per heavy atom. The van der Waals surface area contributed by atoms with Crippen LogP contribution in [0.1, 0.15) is 5.56 Å². The number of nitro benzene ring substituents is 1. The van der Waals surface area contributed by atoms with Crippen LogP contribution in [-0.2, 0) is 4.79 Å². The molecule has 0 saturated heterocycles. The number of hydrogen-bond donors (Lipinski definition) is 0. The molecule has 0 fully saturated rings. The lowest BCUT2D eigenvalue weighted by Crippen LogP contribution is -2.19. The number of alkyl halides is 3. The summed E-state index contributed by atoms with van der Waals surface area (Å²) in [6.45, 7) is 0. The van der Waals surface area contributed by atoms with Gasteiger partial charge in [-0.2, -0.15) is 13.2 Å². The van der Waals surface area contributed by atoms with Crippen LogP contribution in [0.15, 0.2) is 30.3 Å². The predicted molar refractivity (Wildman–Crippen MR) is 53.2 cm³/mol. The molecule has 0 unspecified atom stereocenters. The first-order valence-corrected chi connectivity index (χ1v) is 4.34. The number of allylic oxidation sites excluding steroid dienone is 1. The summed E-state index contributed by atoms with van der Waals surface area (Å²) in [5.41, 5.74) is -0.108. The third kappa shape index (κ3) is 3.71. The van der Waals surface area contributed by atoms with Gasteiger partial charge in [-0.15, -0.1) is 0 Å². The molecule has 0 radical (unpaired) electrons. The van der Waals surface area contributed by atoms with Crippen LogP contribution in [0.2, 0.25) is 0 Å². The first-order chi connectivity index (χ1) is 7.80. The molecule has 0 aliphatic carbocycles. The Morgan fingerprint density at radius 1 is 1.35 bits per heavy atom. The summed E-state index contributed by atoms with van der Waals surface area (Å²) in [5.74, 6) is -2.01. The second-order valence-corrected chi connectivity index (χ2v) is 3.05. The first kappa shape index (κ1) is 12.9. The molecule has 0 heterocycles. The van der Waals surface area contributed by atoms with Crippen LogP contribution >= 0.6 is 0 Å². The zero-order chi connectivity index (χ0) is 13.1. The average molecular weight is 245 g/mol. The van der Waals surface area contributed by atoms with Gasteiger partial charge in [-0.25, -0.2) is 0 Å². The number of rotatable bonds is 3. The van der Waals surface area contributed by atoms with E-state index in [9.17, 15) is 28.1 Å². The molecular weight excluding hydrogens is 239 g/mol. The molecule has 0 N–H and O–H groups in total. The lowest BCUT2D eigenvalue weighted by Gasteiger charge is -1.99. The highest BCUT2D eigenvalue weighted by atomic mass is 19.4. The maximum atomic E-state index is 11.9. The second-order valence-electron chi connectivity index (χ2n) is 3.05. The summed E-state index contributed by atoms with van der Waals surface area (Å²) < 4.78 is 35.6. The van der Waals surface area contributed by atoms with Gasteiger partial charge in [0, 0.05) is 12.1 Å². The zero-order valence-electron chi connectivity index (χ0n) is 8.27. The molecule has 90 valence electrons. The predicted octanol–water partition coefficient (Wildman–Crippen LogP) is 2.74. The van der Waals surface area contributed by atoms with Crippen molar-refractivity contribution in [3.05, 3.63) is 46.0 Å². The van der Waals surface area contributed by atoms with Crippen LogP contribution in [0.5, 0.6) is 0 Å². The van der Waals surface area contributed by atoms with Crippen LogP contribution in [0.25, 0.3) is 6.08 Å². The highest BCUT2D eigenvalue weighted by molar-refractivity contribution is 5.97.